The Morgan fingerprint density at radius 1 is 1.04 bits per heavy atom. The van der Waals surface area contributed by atoms with Crippen LogP contribution in [0, 0.1) is 6.92 Å². The van der Waals surface area contributed by atoms with Gasteiger partial charge in [-0.2, -0.15) is 0 Å². The Balaban J connectivity index is 1.50. The molecule has 3 aromatic rings. The van der Waals surface area contributed by atoms with Gasteiger partial charge in [0.05, 0.1) is 18.2 Å². The number of aromatic nitrogens is 1. The molecule has 0 saturated heterocycles. The van der Waals surface area contributed by atoms with Gasteiger partial charge in [0.25, 0.3) is 0 Å². The van der Waals surface area contributed by atoms with Gasteiger partial charge in [-0.15, -0.1) is 11.3 Å². The Morgan fingerprint density at radius 3 is 2.46 bits per heavy atom. The van der Waals surface area contributed by atoms with Gasteiger partial charge in [0.2, 0.25) is 5.91 Å². The van der Waals surface area contributed by atoms with Gasteiger partial charge in [0.15, 0.2) is 5.13 Å². The third-order valence-corrected chi connectivity index (χ3v) is 4.91. The van der Waals surface area contributed by atoms with Crippen LogP contribution >= 0.6 is 11.3 Å². The van der Waals surface area contributed by atoms with Gasteiger partial charge in [0.1, 0.15) is 0 Å². The number of thiazole rings is 1. The van der Waals surface area contributed by atoms with Crippen molar-refractivity contribution < 1.29 is 9.59 Å². The highest BCUT2D eigenvalue weighted by atomic mass is 32.1. The van der Waals surface area contributed by atoms with Gasteiger partial charge < -0.3 is 10.6 Å². The molecule has 1 aromatic heterocycles. The molecule has 0 aliphatic carbocycles. The number of aryl methyl sites for hydroxylation is 1. The zero-order valence-corrected chi connectivity index (χ0v) is 16.5. The van der Waals surface area contributed by atoms with E-state index in [0.29, 0.717) is 16.5 Å². The van der Waals surface area contributed by atoms with Crippen LogP contribution in [-0.2, 0) is 11.2 Å². The highest BCUT2D eigenvalue weighted by molar-refractivity contribution is 7.14. The van der Waals surface area contributed by atoms with E-state index >= 15 is 0 Å². The van der Waals surface area contributed by atoms with Crippen LogP contribution in [0.4, 0.5) is 15.6 Å². The quantitative estimate of drug-likeness (QED) is 0.575. The highest BCUT2D eigenvalue weighted by Gasteiger charge is 2.13. The minimum Gasteiger partial charge on any atom is -0.349 e. The van der Waals surface area contributed by atoms with Crippen molar-refractivity contribution in [1.82, 2.24) is 10.3 Å². The number of urea groups is 1. The summed E-state index contributed by atoms with van der Waals surface area (Å²) in [4.78, 5) is 28.6. The lowest BCUT2D eigenvalue weighted by molar-refractivity contribution is -0.121. The average Bonchev–Trinajstić information content (AvgIpc) is 3.10. The Bertz CT molecular complexity index is 939. The number of rotatable bonds is 6. The van der Waals surface area contributed by atoms with E-state index in [4.69, 9.17) is 0 Å². The topological polar surface area (TPSA) is 83.1 Å². The van der Waals surface area contributed by atoms with Crippen molar-refractivity contribution in [2.45, 2.75) is 26.3 Å². The number of benzene rings is 2. The maximum atomic E-state index is 12.3. The van der Waals surface area contributed by atoms with E-state index in [2.05, 4.69) is 20.9 Å². The summed E-state index contributed by atoms with van der Waals surface area (Å²) in [5, 5.41) is 10.6. The number of carbonyl (C=O) groups is 2. The van der Waals surface area contributed by atoms with Crippen LogP contribution < -0.4 is 16.0 Å². The average molecular weight is 395 g/mol. The molecule has 3 N–H and O–H groups in total. The smallest absolute Gasteiger partial charge is 0.325 e. The van der Waals surface area contributed by atoms with Crippen LogP contribution in [0.3, 0.4) is 0 Å². The summed E-state index contributed by atoms with van der Waals surface area (Å²) < 4.78 is 0. The van der Waals surface area contributed by atoms with E-state index in [-0.39, 0.29) is 24.4 Å². The van der Waals surface area contributed by atoms with Crippen LogP contribution in [0.2, 0.25) is 0 Å². The van der Waals surface area contributed by atoms with Crippen molar-refractivity contribution in [3.8, 4) is 0 Å². The molecule has 1 atom stereocenters. The number of carbonyl (C=O) groups excluding carboxylic acids is 2. The first-order valence-corrected chi connectivity index (χ1v) is 9.81. The summed E-state index contributed by atoms with van der Waals surface area (Å²) in [5.74, 6) is -0.114. The Labute approximate surface area is 168 Å². The van der Waals surface area contributed by atoms with E-state index in [1.165, 1.54) is 11.3 Å². The third kappa shape index (κ3) is 5.65. The number of nitrogens with one attached hydrogen (secondary N) is 3. The van der Waals surface area contributed by atoms with Crippen LogP contribution in [0.5, 0.6) is 0 Å². The van der Waals surface area contributed by atoms with Gasteiger partial charge in [-0.25, -0.2) is 9.78 Å². The fourth-order valence-corrected chi connectivity index (χ4v) is 3.33. The van der Waals surface area contributed by atoms with Crippen LogP contribution in [-0.4, -0.2) is 16.9 Å². The van der Waals surface area contributed by atoms with Crippen molar-refractivity contribution in [2.24, 2.45) is 0 Å². The molecule has 0 bridgehead atoms. The number of hydrogen-bond donors (Lipinski definition) is 3. The van der Waals surface area contributed by atoms with E-state index < -0.39 is 0 Å². The second-order valence-electron chi connectivity index (χ2n) is 6.47. The molecule has 6 nitrogen and oxygen atoms in total. The SMILES string of the molecule is Cc1ccc(NC(=O)Nc2nc(CC(=O)N[C@@H](C)c3ccccc3)cs2)cc1. The highest BCUT2D eigenvalue weighted by Crippen LogP contribution is 2.17. The van der Waals surface area contributed by atoms with Gasteiger partial charge in [-0.05, 0) is 31.5 Å². The van der Waals surface area contributed by atoms with E-state index in [1.54, 1.807) is 5.38 Å². The molecule has 1 heterocycles. The molecule has 0 unspecified atom stereocenters. The summed E-state index contributed by atoms with van der Waals surface area (Å²) in [7, 11) is 0. The second-order valence-corrected chi connectivity index (χ2v) is 7.32. The molecule has 0 spiro atoms. The van der Waals surface area contributed by atoms with Crippen molar-refractivity contribution in [3.63, 3.8) is 0 Å². The lowest BCUT2D eigenvalue weighted by Crippen LogP contribution is -2.28. The maximum Gasteiger partial charge on any atom is 0.325 e. The first kappa shape index (κ1) is 19.6. The zero-order chi connectivity index (χ0) is 19.9. The molecule has 3 rings (SSSR count). The second kappa shape index (κ2) is 9.14. The minimum absolute atomic E-state index is 0.0785. The number of hydrogen-bond acceptors (Lipinski definition) is 4. The Kier molecular flexibility index (Phi) is 6.39. The minimum atomic E-state index is -0.369. The van der Waals surface area contributed by atoms with E-state index in [0.717, 1.165) is 11.1 Å². The van der Waals surface area contributed by atoms with E-state index in [1.807, 2.05) is 68.4 Å². The molecule has 0 fully saturated rings. The first-order valence-electron chi connectivity index (χ1n) is 8.93. The molecule has 0 saturated carbocycles. The molecule has 0 aliphatic rings. The molecular formula is C21H22N4O2S. The largest absolute Gasteiger partial charge is 0.349 e. The third-order valence-electron chi connectivity index (χ3n) is 4.10. The lowest BCUT2D eigenvalue weighted by atomic mass is 10.1. The number of amides is 3. The molecule has 0 aliphatic heterocycles. The predicted octanol–water partition coefficient (Wildman–Crippen LogP) is 4.52. The summed E-state index contributed by atoms with van der Waals surface area (Å²) in [6, 6.07) is 16.8. The summed E-state index contributed by atoms with van der Waals surface area (Å²) >= 11 is 1.29. The van der Waals surface area contributed by atoms with Gasteiger partial charge in [-0.1, -0.05) is 48.0 Å². The van der Waals surface area contributed by atoms with Crippen LogP contribution in [0.1, 0.15) is 29.8 Å². The fraction of sp³-hybridized carbons (Fsp3) is 0.190. The number of nitrogens with zero attached hydrogens (tertiary/aromatic N) is 1. The van der Waals surface area contributed by atoms with Crippen molar-refractivity contribution in [2.75, 3.05) is 10.6 Å². The van der Waals surface area contributed by atoms with Crippen LogP contribution in [0.15, 0.2) is 60.0 Å². The standard InChI is InChI=1S/C21H22N4O2S/c1-14-8-10-17(11-9-14)23-20(27)25-21-24-18(13-28-21)12-19(26)22-15(2)16-6-4-3-5-7-16/h3-11,13,15H,12H2,1-2H3,(H,22,26)(H2,23,24,25,27)/t15-/m0/s1. The molecule has 28 heavy (non-hydrogen) atoms. The monoisotopic (exact) mass is 394 g/mol. The number of anilines is 2. The Hall–Kier alpha value is -3.19. The summed E-state index contributed by atoms with van der Waals surface area (Å²) in [6.45, 7) is 3.92. The molecule has 7 heteroatoms. The first-order chi connectivity index (χ1) is 13.5. The summed E-state index contributed by atoms with van der Waals surface area (Å²) in [6.07, 6.45) is 0.162. The van der Waals surface area contributed by atoms with Crippen LogP contribution in [0.25, 0.3) is 0 Å². The van der Waals surface area contributed by atoms with Gasteiger partial charge in [-0.3, -0.25) is 10.1 Å². The Morgan fingerprint density at radius 2 is 1.75 bits per heavy atom. The summed E-state index contributed by atoms with van der Waals surface area (Å²) in [5.41, 5.74) is 3.49. The molecular weight excluding hydrogens is 372 g/mol. The van der Waals surface area contributed by atoms with Gasteiger partial charge >= 0.3 is 6.03 Å². The molecule has 144 valence electrons. The molecule has 2 aromatic carbocycles. The zero-order valence-electron chi connectivity index (χ0n) is 15.7. The van der Waals surface area contributed by atoms with Gasteiger partial charge in [0, 0.05) is 11.1 Å². The normalized spacial score (nSPS) is 11.5. The maximum absolute atomic E-state index is 12.3. The molecule has 3 amide bonds. The predicted molar refractivity (Wildman–Crippen MR) is 113 cm³/mol. The van der Waals surface area contributed by atoms with Crippen molar-refractivity contribution in [1.29, 1.82) is 0 Å². The van der Waals surface area contributed by atoms with Crippen molar-refractivity contribution >= 4 is 34.1 Å². The van der Waals surface area contributed by atoms with Crippen molar-refractivity contribution in [3.05, 3.63) is 76.8 Å². The van der Waals surface area contributed by atoms with E-state index in [9.17, 15) is 9.59 Å². The fourth-order valence-electron chi connectivity index (χ4n) is 2.62. The lowest BCUT2D eigenvalue weighted by Gasteiger charge is -2.13. The molecule has 0 radical (unpaired) electrons.